The Balaban J connectivity index is 0.00000120. The number of hydrogen-bond acceptors (Lipinski definition) is 2. The second-order valence-corrected chi connectivity index (χ2v) is 4.96. The van der Waals surface area contributed by atoms with Crippen molar-refractivity contribution in [3.63, 3.8) is 0 Å². The van der Waals surface area contributed by atoms with Gasteiger partial charge in [0.05, 0.1) is 5.97 Å². The van der Waals surface area contributed by atoms with Crippen molar-refractivity contribution in [3.05, 3.63) is 47.5 Å². The molecule has 0 heterocycles. The van der Waals surface area contributed by atoms with E-state index >= 15 is 0 Å². The number of rotatable bonds is 1. The van der Waals surface area contributed by atoms with Crippen LogP contribution in [0.2, 0.25) is 0 Å². The molecule has 0 aliphatic heterocycles. The zero-order chi connectivity index (χ0) is 12.2. The van der Waals surface area contributed by atoms with Crippen LogP contribution in [0.25, 0.3) is 10.8 Å². The van der Waals surface area contributed by atoms with Gasteiger partial charge in [0.1, 0.15) is 0 Å². The van der Waals surface area contributed by atoms with Crippen molar-refractivity contribution in [2.75, 3.05) is 0 Å². The van der Waals surface area contributed by atoms with E-state index in [-0.39, 0.29) is 57.3 Å². The first-order valence-electron chi connectivity index (χ1n) is 5.80. The van der Waals surface area contributed by atoms with Crippen LogP contribution in [0.15, 0.2) is 36.4 Å². The van der Waals surface area contributed by atoms with Crippen molar-refractivity contribution < 1.29 is 61.3 Å². The van der Waals surface area contributed by atoms with Crippen molar-refractivity contribution >= 4 is 16.7 Å². The van der Waals surface area contributed by atoms with Gasteiger partial charge in [0, 0.05) is 5.41 Å². The Morgan fingerprint density at radius 2 is 1.83 bits per heavy atom. The molecule has 0 bridgehead atoms. The van der Waals surface area contributed by atoms with Gasteiger partial charge in [0.2, 0.25) is 0 Å². The van der Waals surface area contributed by atoms with Crippen molar-refractivity contribution in [3.8, 4) is 0 Å². The summed E-state index contributed by atoms with van der Waals surface area (Å²) in [5.74, 6) is -1.04. The molecule has 2 atom stereocenters. The quantitative estimate of drug-likeness (QED) is 0.618. The van der Waals surface area contributed by atoms with Gasteiger partial charge in [-0.1, -0.05) is 43.3 Å². The van der Waals surface area contributed by atoms with E-state index in [4.69, 9.17) is 0 Å². The van der Waals surface area contributed by atoms with Gasteiger partial charge in [-0.15, -0.1) is 0 Å². The van der Waals surface area contributed by atoms with Gasteiger partial charge in [-0.25, -0.2) is 0 Å². The largest absolute Gasteiger partial charge is 1.00 e. The van der Waals surface area contributed by atoms with E-state index < -0.39 is 11.4 Å². The number of benzene rings is 2. The molecule has 18 heavy (non-hydrogen) atoms. The maximum atomic E-state index is 11.5. The topological polar surface area (TPSA) is 40.1 Å². The minimum atomic E-state index is -0.992. The first-order valence-corrected chi connectivity index (χ1v) is 5.80. The molecule has 1 aliphatic rings. The van der Waals surface area contributed by atoms with Gasteiger partial charge in [0.25, 0.3) is 0 Å². The third-order valence-corrected chi connectivity index (χ3v) is 4.25. The van der Waals surface area contributed by atoms with Gasteiger partial charge in [-0.05, 0) is 34.7 Å². The molecule has 0 amide bonds. The van der Waals surface area contributed by atoms with Crippen molar-refractivity contribution in [1.29, 1.82) is 0 Å². The zero-order valence-electron chi connectivity index (χ0n) is 10.9. The third-order valence-electron chi connectivity index (χ3n) is 4.25. The monoisotopic (exact) mass is 264 g/mol. The smallest absolute Gasteiger partial charge is 0.549 e. The molecule has 3 rings (SSSR count). The summed E-state index contributed by atoms with van der Waals surface area (Å²) in [4.78, 5) is 11.5. The standard InChI is InChI=1S/C15H14O2.K/c1-9-11-7-3-5-10-6-4-8-12(13(10)11)15(9,2)14(16)17;/h3-9H,1-2H3,(H,16,17);/q;+1/p-1/t9-,15-;/m1./s1. The molecule has 0 saturated heterocycles. The Hall–Kier alpha value is -0.194. The van der Waals surface area contributed by atoms with Crippen LogP contribution in [0.1, 0.15) is 30.9 Å². The molecule has 0 unspecified atom stereocenters. The number of carboxylic acids is 1. The Morgan fingerprint density at radius 3 is 2.44 bits per heavy atom. The molecular formula is C15H13KO2. The van der Waals surface area contributed by atoms with Crippen LogP contribution in [-0.4, -0.2) is 5.97 Å². The van der Waals surface area contributed by atoms with Crippen molar-refractivity contribution in [1.82, 2.24) is 0 Å². The number of carboxylic acid groups (broad SMARTS) is 1. The summed E-state index contributed by atoms with van der Waals surface area (Å²) >= 11 is 0. The van der Waals surface area contributed by atoms with Crippen LogP contribution in [0.5, 0.6) is 0 Å². The van der Waals surface area contributed by atoms with Crippen LogP contribution in [0.4, 0.5) is 0 Å². The average Bonchev–Trinajstić information content (AvgIpc) is 2.56. The number of hydrogen-bond donors (Lipinski definition) is 0. The molecule has 0 radical (unpaired) electrons. The Bertz CT molecular complexity index is 630. The Kier molecular flexibility index (Phi) is 3.73. The summed E-state index contributed by atoms with van der Waals surface area (Å²) in [7, 11) is 0. The number of carbonyl (C=O) groups is 1. The minimum Gasteiger partial charge on any atom is -0.549 e. The molecule has 0 N–H and O–H groups in total. The van der Waals surface area contributed by atoms with E-state index in [0.717, 1.165) is 21.9 Å². The van der Waals surface area contributed by atoms with E-state index in [2.05, 4.69) is 0 Å². The van der Waals surface area contributed by atoms with Gasteiger partial charge >= 0.3 is 51.4 Å². The summed E-state index contributed by atoms with van der Waals surface area (Å²) in [6, 6.07) is 11.9. The van der Waals surface area contributed by atoms with Crippen LogP contribution in [0.3, 0.4) is 0 Å². The third kappa shape index (κ3) is 1.65. The van der Waals surface area contributed by atoms with Crippen LogP contribution >= 0.6 is 0 Å². The molecule has 2 aromatic carbocycles. The van der Waals surface area contributed by atoms with Crippen LogP contribution < -0.4 is 56.5 Å². The fraction of sp³-hybridized carbons (Fsp3) is 0.267. The van der Waals surface area contributed by atoms with Gasteiger partial charge in [-0.3, -0.25) is 0 Å². The molecule has 0 fully saturated rings. The number of carbonyl (C=O) groups excluding carboxylic acids is 1. The predicted molar refractivity (Wildman–Crippen MR) is 64.7 cm³/mol. The molecule has 2 aromatic rings. The first kappa shape index (κ1) is 14.2. The Labute approximate surface area is 149 Å². The molecule has 2 nitrogen and oxygen atoms in total. The predicted octanol–water partition coefficient (Wildman–Crippen LogP) is -1.03. The Morgan fingerprint density at radius 1 is 1.22 bits per heavy atom. The van der Waals surface area contributed by atoms with E-state index in [1.54, 1.807) is 6.92 Å². The zero-order valence-corrected chi connectivity index (χ0v) is 14.0. The maximum absolute atomic E-state index is 11.5. The van der Waals surface area contributed by atoms with Gasteiger partial charge in [0.15, 0.2) is 0 Å². The fourth-order valence-corrected chi connectivity index (χ4v) is 2.99. The molecule has 1 aliphatic carbocycles. The van der Waals surface area contributed by atoms with Crippen molar-refractivity contribution in [2.45, 2.75) is 25.2 Å². The molecular weight excluding hydrogens is 251 g/mol. The first-order chi connectivity index (χ1) is 8.06. The van der Waals surface area contributed by atoms with E-state index in [1.807, 2.05) is 43.3 Å². The fourth-order valence-electron chi connectivity index (χ4n) is 2.99. The minimum absolute atomic E-state index is 0. The molecule has 0 spiro atoms. The van der Waals surface area contributed by atoms with Gasteiger partial charge in [-0.2, -0.15) is 0 Å². The van der Waals surface area contributed by atoms with Crippen LogP contribution in [-0.2, 0) is 10.2 Å². The summed E-state index contributed by atoms with van der Waals surface area (Å²) in [5.41, 5.74) is 1.09. The van der Waals surface area contributed by atoms with E-state index in [1.165, 1.54) is 0 Å². The van der Waals surface area contributed by atoms with Crippen molar-refractivity contribution in [2.24, 2.45) is 0 Å². The second-order valence-electron chi connectivity index (χ2n) is 4.96. The van der Waals surface area contributed by atoms with E-state index in [9.17, 15) is 9.90 Å². The average molecular weight is 264 g/mol. The second kappa shape index (κ2) is 4.73. The van der Waals surface area contributed by atoms with E-state index in [0.29, 0.717) is 0 Å². The maximum Gasteiger partial charge on any atom is 1.00 e. The summed E-state index contributed by atoms with van der Waals surface area (Å²) in [6.45, 7) is 3.73. The normalized spacial score (nSPS) is 24.9. The molecule has 86 valence electrons. The summed E-state index contributed by atoms with van der Waals surface area (Å²) < 4.78 is 0. The van der Waals surface area contributed by atoms with Gasteiger partial charge < -0.3 is 9.90 Å². The SMILES string of the molecule is C[C@@H]1c2cccc3cccc(c23)[C@]1(C)C(=O)[O-].[K+]. The molecule has 0 aromatic heterocycles. The summed E-state index contributed by atoms with van der Waals surface area (Å²) in [6.07, 6.45) is 0. The summed E-state index contributed by atoms with van der Waals surface area (Å²) in [5, 5.41) is 13.7. The van der Waals surface area contributed by atoms with Crippen LogP contribution in [0, 0.1) is 0 Å². The molecule has 0 saturated carbocycles. The number of aliphatic carboxylic acids is 1. The molecule has 3 heteroatoms.